The number of nitrogens with one attached hydrogen (secondary N) is 1. The van der Waals surface area contributed by atoms with Crippen molar-refractivity contribution in [3.05, 3.63) is 81.4 Å². The van der Waals surface area contributed by atoms with E-state index < -0.39 is 12.0 Å². The third-order valence-corrected chi connectivity index (χ3v) is 7.61. The molecule has 1 N–H and O–H groups in total. The molecule has 2 aliphatic rings. The van der Waals surface area contributed by atoms with E-state index in [2.05, 4.69) is 5.32 Å². The minimum Gasteiger partial charge on any atom is -0.495 e. The van der Waals surface area contributed by atoms with Gasteiger partial charge < -0.3 is 24.4 Å². The molecule has 0 spiro atoms. The lowest BCUT2D eigenvalue weighted by Gasteiger charge is -2.45. The molecular formula is C30H31ClN2O5. The largest absolute Gasteiger partial charge is 0.495 e. The van der Waals surface area contributed by atoms with E-state index in [-0.39, 0.29) is 11.8 Å². The molecule has 198 valence electrons. The minimum absolute atomic E-state index is 0.0768. The van der Waals surface area contributed by atoms with Crippen molar-refractivity contribution < 1.29 is 23.8 Å². The van der Waals surface area contributed by atoms with E-state index in [1.165, 1.54) is 7.11 Å². The Bertz CT molecular complexity index is 1410. The lowest BCUT2D eigenvalue weighted by atomic mass is 9.75. The number of methoxy groups -OCH3 is 1. The number of halogens is 1. The van der Waals surface area contributed by atoms with Crippen LogP contribution in [0.25, 0.3) is 0 Å². The molecule has 7 nitrogen and oxygen atoms in total. The van der Waals surface area contributed by atoms with Crippen molar-refractivity contribution in [1.82, 2.24) is 4.90 Å². The first kappa shape index (κ1) is 25.9. The number of carbonyl (C=O) groups is 2. The Kier molecular flexibility index (Phi) is 7.21. The van der Waals surface area contributed by atoms with Crippen LogP contribution >= 0.6 is 11.6 Å². The number of carbonyl (C=O) groups excluding carboxylic acids is 2. The summed E-state index contributed by atoms with van der Waals surface area (Å²) in [5.41, 5.74) is 4.52. The average Bonchev–Trinajstić information content (AvgIpc) is 2.91. The van der Waals surface area contributed by atoms with Crippen LogP contribution < -0.4 is 19.5 Å². The van der Waals surface area contributed by atoms with Gasteiger partial charge in [0.05, 0.1) is 38.0 Å². The Morgan fingerprint density at radius 1 is 1.03 bits per heavy atom. The molecule has 5 rings (SSSR count). The van der Waals surface area contributed by atoms with Crippen LogP contribution in [0, 0.1) is 6.92 Å². The van der Waals surface area contributed by atoms with Gasteiger partial charge in [-0.05, 0) is 73.7 Å². The second-order valence-corrected chi connectivity index (χ2v) is 9.82. The summed E-state index contributed by atoms with van der Waals surface area (Å²) in [5, 5.41) is 3.62. The number of anilines is 1. The fourth-order valence-electron chi connectivity index (χ4n) is 5.49. The molecule has 0 bridgehead atoms. The van der Waals surface area contributed by atoms with Crippen LogP contribution in [0.2, 0.25) is 5.02 Å². The first-order chi connectivity index (χ1) is 18.4. The number of benzene rings is 3. The van der Waals surface area contributed by atoms with Gasteiger partial charge in [-0.15, -0.1) is 0 Å². The molecule has 3 aromatic rings. The van der Waals surface area contributed by atoms with Crippen LogP contribution in [0.3, 0.4) is 0 Å². The maximum Gasteiger partial charge on any atom is 0.254 e. The Morgan fingerprint density at radius 3 is 2.45 bits per heavy atom. The topological polar surface area (TPSA) is 77.1 Å². The zero-order valence-corrected chi connectivity index (χ0v) is 22.7. The Balaban J connectivity index is 1.65. The third-order valence-electron chi connectivity index (χ3n) is 7.21. The summed E-state index contributed by atoms with van der Waals surface area (Å²) in [6.45, 7) is 7.19. The lowest BCUT2D eigenvalue weighted by molar-refractivity contribution is -0.119. The van der Waals surface area contributed by atoms with E-state index in [0.717, 1.165) is 16.7 Å². The van der Waals surface area contributed by atoms with Gasteiger partial charge in [0.25, 0.3) is 5.91 Å². The van der Waals surface area contributed by atoms with Gasteiger partial charge in [-0.3, -0.25) is 9.59 Å². The number of ether oxygens (including phenoxy) is 3. The highest BCUT2D eigenvalue weighted by atomic mass is 35.5. The van der Waals surface area contributed by atoms with Crippen LogP contribution in [0.1, 0.15) is 58.4 Å². The highest BCUT2D eigenvalue weighted by molar-refractivity contribution is 6.31. The summed E-state index contributed by atoms with van der Waals surface area (Å²) in [6.07, 6.45) is 0.658. The van der Waals surface area contributed by atoms with Crippen LogP contribution in [0.15, 0.2) is 48.5 Å². The number of nitrogens with zero attached hydrogens (tertiary/aromatic N) is 1. The number of rotatable bonds is 7. The molecule has 3 aromatic carbocycles. The number of hydrogen-bond acceptors (Lipinski definition) is 5. The van der Waals surface area contributed by atoms with Gasteiger partial charge in [-0.25, -0.2) is 0 Å². The van der Waals surface area contributed by atoms with Gasteiger partial charge in [0.15, 0.2) is 11.5 Å². The smallest absolute Gasteiger partial charge is 0.254 e. The summed E-state index contributed by atoms with van der Waals surface area (Å²) in [5.74, 6) is 0.777. The molecule has 8 heteroatoms. The predicted octanol–water partition coefficient (Wildman–Crippen LogP) is 5.93. The first-order valence-electron chi connectivity index (χ1n) is 12.8. The van der Waals surface area contributed by atoms with Crippen LogP contribution in [-0.4, -0.2) is 43.6 Å². The minimum atomic E-state index is -0.656. The SMILES string of the molecule is CCOc1cc2c(cc1OCC)[C@H]1[C@@H](C(=O)Nc3cc(C)c(Cl)cc3OC)c3ccccc3C(=O)N1CC2. The molecule has 0 aliphatic carbocycles. The van der Waals surface area contributed by atoms with E-state index >= 15 is 0 Å². The summed E-state index contributed by atoms with van der Waals surface area (Å²) in [4.78, 5) is 29.6. The van der Waals surface area contributed by atoms with Gasteiger partial charge in [-0.2, -0.15) is 0 Å². The van der Waals surface area contributed by atoms with Gasteiger partial charge >= 0.3 is 0 Å². The van der Waals surface area contributed by atoms with Gasteiger partial charge in [0.2, 0.25) is 5.91 Å². The van der Waals surface area contributed by atoms with Crippen LogP contribution in [0.5, 0.6) is 17.2 Å². The summed E-state index contributed by atoms with van der Waals surface area (Å²) in [6, 6.07) is 14.3. The van der Waals surface area contributed by atoms with E-state index in [1.807, 2.05) is 56.0 Å². The molecular weight excluding hydrogens is 504 g/mol. The van der Waals surface area contributed by atoms with E-state index in [1.54, 1.807) is 18.2 Å². The van der Waals surface area contributed by atoms with Crippen molar-refractivity contribution in [2.75, 3.05) is 32.2 Å². The second kappa shape index (κ2) is 10.6. The quantitative estimate of drug-likeness (QED) is 0.406. The standard InChI is InChI=1S/C30H31ClN2O5/c1-5-37-25-14-18-11-12-33-28(21(18)15-26(25)38-6-2)27(19-9-7-8-10-20(19)30(33)35)29(34)32-23-13-17(3)22(31)16-24(23)36-4/h7-10,13-16,27-28H,5-6,11-12H2,1-4H3,(H,32,34)/t27-,28-/m0/s1. The molecule has 2 aliphatic heterocycles. The summed E-state index contributed by atoms with van der Waals surface area (Å²) >= 11 is 6.30. The van der Waals surface area contributed by atoms with Crippen molar-refractivity contribution in [3.8, 4) is 17.2 Å². The van der Waals surface area contributed by atoms with Crippen molar-refractivity contribution in [3.63, 3.8) is 0 Å². The van der Waals surface area contributed by atoms with Gasteiger partial charge in [-0.1, -0.05) is 29.8 Å². The van der Waals surface area contributed by atoms with Crippen molar-refractivity contribution in [1.29, 1.82) is 0 Å². The molecule has 0 saturated carbocycles. The molecule has 2 atom stereocenters. The van der Waals surface area contributed by atoms with Crippen molar-refractivity contribution in [2.24, 2.45) is 0 Å². The predicted molar refractivity (Wildman–Crippen MR) is 147 cm³/mol. The number of amides is 2. The van der Waals surface area contributed by atoms with E-state index in [0.29, 0.717) is 65.3 Å². The van der Waals surface area contributed by atoms with Gasteiger partial charge in [0.1, 0.15) is 5.75 Å². The number of fused-ring (bicyclic) bond motifs is 4. The number of hydrogen-bond donors (Lipinski definition) is 1. The molecule has 2 heterocycles. The molecule has 38 heavy (non-hydrogen) atoms. The van der Waals surface area contributed by atoms with Crippen LogP contribution in [0.4, 0.5) is 5.69 Å². The Labute approximate surface area is 227 Å². The molecule has 0 fully saturated rings. The van der Waals surface area contributed by atoms with Gasteiger partial charge in [0, 0.05) is 23.2 Å². The van der Waals surface area contributed by atoms with Crippen LogP contribution in [-0.2, 0) is 11.2 Å². The monoisotopic (exact) mass is 534 g/mol. The Morgan fingerprint density at radius 2 is 1.74 bits per heavy atom. The highest BCUT2D eigenvalue weighted by Crippen LogP contribution is 2.49. The van der Waals surface area contributed by atoms with Crippen molar-refractivity contribution in [2.45, 2.75) is 39.2 Å². The fraction of sp³-hybridized carbons (Fsp3) is 0.333. The van der Waals surface area contributed by atoms with Crippen molar-refractivity contribution >= 4 is 29.1 Å². The highest BCUT2D eigenvalue weighted by Gasteiger charge is 2.46. The average molecular weight is 535 g/mol. The third kappa shape index (κ3) is 4.45. The normalized spacial score (nSPS) is 17.7. The molecule has 0 saturated heterocycles. The maximum atomic E-state index is 14.2. The second-order valence-electron chi connectivity index (χ2n) is 9.41. The molecule has 0 aromatic heterocycles. The zero-order chi connectivity index (χ0) is 27.0. The summed E-state index contributed by atoms with van der Waals surface area (Å²) < 4.78 is 17.3. The Hall–Kier alpha value is -3.71. The molecule has 2 amide bonds. The number of aryl methyl sites for hydroxylation is 1. The zero-order valence-electron chi connectivity index (χ0n) is 22.0. The maximum absolute atomic E-state index is 14.2. The van der Waals surface area contributed by atoms with E-state index in [9.17, 15) is 9.59 Å². The molecule has 0 radical (unpaired) electrons. The lowest BCUT2D eigenvalue weighted by Crippen LogP contribution is -2.49. The first-order valence-corrected chi connectivity index (χ1v) is 13.2. The summed E-state index contributed by atoms with van der Waals surface area (Å²) in [7, 11) is 1.54. The van der Waals surface area contributed by atoms with E-state index in [4.69, 9.17) is 25.8 Å². The molecule has 0 unspecified atom stereocenters. The fourth-order valence-corrected chi connectivity index (χ4v) is 5.65.